The van der Waals surface area contributed by atoms with Crippen molar-refractivity contribution in [3.05, 3.63) is 6.33 Å². The summed E-state index contributed by atoms with van der Waals surface area (Å²) >= 11 is 0. The van der Waals surface area contributed by atoms with Crippen LogP contribution in [0.4, 0.5) is 0 Å². The molecular formula is C17H31N5O. The van der Waals surface area contributed by atoms with E-state index in [-0.39, 0.29) is 11.3 Å². The molecule has 0 saturated heterocycles. The summed E-state index contributed by atoms with van der Waals surface area (Å²) in [6.07, 6.45) is 14.2. The van der Waals surface area contributed by atoms with Gasteiger partial charge < -0.3 is 5.32 Å². The second-order valence-corrected chi connectivity index (χ2v) is 7.01. The summed E-state index contributed by atoms with van der Waals surface area (Å²) in [7, 11) is 0. The molecule has 0 bridgehead atoms. The number of hydrogen-bond acceptors (Lipinski definition) is 4. The second-order valence-electron chi connectivity index (χ2n) is 7.01. The number of nitrogens with one attached hydrogen (secondary N) is 1. The molecule has 1 amide bonds. The summed E-state index contributed by atoms with van der Waals surface area (Å²) in [5.41, 5.74) is 0.0277. The van der Waals surface area contributed by atoms with Crippen LogP contribution < -0.4 is 5.32 Å². The topological polar surface area (TPSA) is 72.7 Å². The predicted molar refractivity (Wildman–Crippen MR) is 89.7 cm³/mol. The van der Waals surface area contributed by atoms with Gasteiger partial charge in [0.1, 0.15) is 6.33 Å². The highest BCUT2D eigenvalue weighted by Gasteiger charge is 2.35. The molecule has 1 heterocycles. The average molecular weight is 321 g/mol. The van der Waals surface area contributed by atoms with Crippen LogP contribution in [0.2, 0.25) is 0 Å². The molecular weight excluding hydrogens is 290 g/mol. The van der Waals surface area contributed by atoms with Gasteiger partial charge in [-0.15, -0.1) is 5.10 Å². The fraction of sp³-hybridized carbons (Fsp3) is 0.882. The van der Waals surface area contributed by atoms with Crippen LogP contribution in [0.3, 0.4) is 0 Å². The number of aromatic nitrogens is 4. The second kappa shape index (κ2) is 9.63. The zero-order chi connectivity index (χ0) is 16.4. The van der Waals surface area contributed by atoms with Crippen LogP contribution >= 0.6 is 0 Å². The lowest BCUT2D eigenvalue weighted by Gasteiger charge is -2.36. The van der Waals surface area contributed by atoms with E-state index >= 15 is 0 Å². The van der Waals surface area contributed by atoms with E-state index in [1.807, 2.05) is 0 Å². The molecule has 6 heteroatoms. The highest BCUT2D eigenvalue weighted by Crippen LogP contribution is 2.40. The molecule has 0 atom stereocenters. The molecule has 1 N–H and O–H groups in total. The van der Waals surface area contributed by atoms with Gasteiger partial charge in [0, 0.05) is 13.0 Å². The van der Waals surface area contributed by atoms with Crippen LogP contribution in [-0.4, -0.2) is 32.7 Å². The standard InChI is InChI=1S/C17H31N5O/c1-2-3-4-5-9-12-18-16(23)13-17(10-7-6-8-11-17)14-22-15-19-20-21-22/h15H,2-14H2,1H3,(H,18,23). The Kier molecular flexibility index (Phi) is 7.49. The number of tetrazole rings is 1. The van der Waals surface area contributed by atoms with Crippen molar-refractivity contribution in [3.8, 4) is 0 Å². The number of hydrogen-bond donors (Lipinski definition) is 1. The van der Waals surface area contributed by atoms with Crippen LogP contribution in [-0.2, 0) is 11.3 Å². The monoisotopic (exact) mass is 321 g/mol. The minimum absolute atomic E-state index is 0.0277. The Labute approximate surface area is 139 Å². The van der Waals surface area contributed by atoms with E-state index in [0.717, 1.165) is 32.4 Å². The molecule has 0 aromatic carbocycles. The first-order chi connectivity index (χ1) is 11.2. The fourth-order valence-electron chi connectivity index (χ4n) is 3.65. The van der Waals surface area contributed by atoms with Gasteiger partial charge >= 0.3 is 0 Å². The average Bonchev–Trinajstić information content (AvgIpc) is 3.04. The van der Waals surface area contributed by atoms with E-state index in [0.29, 0.717) is 6.42 Å². The number of rotatable bonds is 10. The SMILES string of the molecule is CCCCCCCNC(=O)CC1(Cn2cnnn2)CCCCC1. The van der Waals surface area contributed by atoms with Crippen LogP contribution in [0, 0.1) is 5.41 Å². The van der Waals surface area contributed by atoms with Gasteiger partial charge in [-0.1, -0.05) is 51.9 Å². The minimum atomic E-state index is 0.0277. The molecule has 0 radical (unpaired) electrons. The van der Waals surface area contributed by atoms with Crippen molar-refractivity contribution < 1.29 is 4.79 Å². The van der Waals surface area contributed by atoms with Crippen molar-refractivity contribution in [1.29, 1.82) is 0 Å². The fourth-order valence-corrected chi connectivity index (χ4v) is 3.65. The van der Waals surface area contributed by atoms with E-state index in [9.17, 15) is 4.79 Å². The first-order valence-electron chi connectivity index (χ1n) is 9.22. The van der Waals surface area contributed by atoms with Crippen LogP contribution in [0.15, 0.2) is 6.33 Å². The lowest BCUT2D eigenvalue weighted by molar-refractivity contribution is -0.124. The third-order valence-corrected chi connectivity index (χ3v) is 4.94. The Bertz CT molecular complexity index is 440. The summed E-state index contributed by atoms with van der Waals surface area (Å²) < 4.78 is 1.78. The van der Waals surface area contributed by atoms with E-state index in [1.54, 1.807) is 11.0 Å². The maximum absolute atomic E-state index is 12.4. The van der Waals surface area contributed by atoms with Crippen molar-refractivity contribution in [3.63, 3.8) is 0 Å². The number of amides is 1. The van der Waals surface area contributed by atoms with Gasteiger partial charge in [-0.05, 0) is 35.1 Å². The maximum Gasteiger partial charge on any atom is 0.220 e. The molecule has 1 aliphatic rings. The van der Waals surface area contributed by atoms with Crippen LogP contribution in [0.25, 0.3) is 0 Å². The van der Waals surface area contributed by atoms with E-state index in [4.69, 9.17) is 0 Å². The molecule has 1 aromatic heterocycles. The zero-order valence-electron chi connectivity index (χ0n) is 14.5. The quantitative estimate of drug-likeness (QED) is 0.672. The largest absolute Gasteiger partial charge is 0.356 e. The Morgan fingerprint density at radius 3 is 2.65 bits per heavy atom. The van der Waals surface area contributed by atoms with Crippen molar-refractivity contribution >= 4 is 5.91 Å². The molecule has 0 aliphatic heterocycles. The number of carbonyl (C=O) groups is 1. The van der Waals surface area contributed by atoms with Gasteiger partial charge in [-0.25, -0.2) is 4.68 Å². The third-order valence-electron chi connectivity index (χ3n) is 4.94. The molecule has 0 spiro atoms. The van der Waals surface area contributed by atoms with Gasteiger partial charge in [-0.3, -0.25) is 4.79 Å². The highest BCUT2D eigenvalue weighted by atomic mass is 16.1. The summed E-state index contributed by atoms with van der Waals surface area (Å²) in [5.74, 6) is 0.190. The van der Waals surface area contributed by atoms with E-state index < -0.39 is 0 Å². The normalized spacial score (nSPS) is 17.1. The summed E-state index contributed by atoms with van der Waals surface area (Å²) in [5, 5.41) is 14.5. The van der Waals surface area contributed by atoms with Gasteiger partial charge in [0.2, 0.25) is 5.91 Å². The number of unbranched alkanes of at least 4 members (excludes halogenated alkanes) is 4. The first kappa shape index (κ1) is 17.9. The summed E-state index contributed by atoms with van der Waals surface area (Å²) in [6.45, 7) is 3.78. The third kappa shape index (κ3) is 6.28. The van der Waals surface area contributed by atoms with Gasteiger partial charge in [0.25, 0.3) is 0 Å². The van der Waals surface area contributed by atoms with E-state index in [2.05, 4.69) is 27.8 Å². The van der Waals surface area contributed by atoms with Gasteiger partial charge in [0.15, 0.2) is 0 Å². The smallest absolute Gasteiger partial charge is 0.220 e. The van der Waals surface area contributed by atoms with Crippen molar-refractivity contribution in [2.24, 2.45) is 5.41 Å². The molecule has 1 aromatic rings. The Balaban J connectivity index is 1.77. The van der Waals surface area contributed by atoms with Crippen molar-refractivity contribution in [2.45, 2.75) is 84.1 Å². The first-order valence-corrected chi connectivity index (χ1v) is 9.22. The Morgan fingerprint density at radius 2 is 1.96 bits per heavy atom. The lowest BCUT2D eigenvalue weighted by atomic mass is 9.71. The molecule has 1 saturated carbocycles. The van der Waals surface area contributed by atoms with Crippen LogP contribution in [0.5, 0.6) is 0 Å². The number of nitrogens with zero attached hydrogens (tertiary/aromatic N) is 4. The number of carbonyl (C=O) groups excluding carboxylic acids is 1. The van der Waals surface area contributed by atoms with E-state index in [1.165, 1.54) is 44.9 Å². The lowest BCUT2D eigenvalue weighted by Crippen LogP contribution is -2.37. The molecule has 1 fully saturated rings. The van der Waals surface area contributed by atoms with Gasteiger partial charge in [0.05, 0.1) is 6.54 Å². The predicted octanol–water partition coefficient (Wildman–Crippen LogP) is 3.10. The summed E-state index contributed by atoms with van der Waals surface area (Å²) in [6, 6.07) is 0. The summed E-state index contributed by atoms with van der Waals surface area (Å²) in [4.78, 5) is 12.4. The Morgan fingerprint density at radius 1 is 1.17 bits per heavy atom. The molecule has 130 valence electrons. The highest BCUT2D eigenvalue weighted by molar-refractivity contribution is 5.76. The molecule has 0 unspecified atom stereocenters. The molecule has 23 heavy (non-hydrogen) atoms. The van der Waals surface area contributed by atoms with Crippen molar-refractivity contribution in [2.75, 3.05) is 6.54 Å². The van der Waals surface area contributed by atoms with Crippen molar-refractivity contribution in [1.82, 2.24) is 25.5 Å². The van der Waals surface area contributed by atoms with Crippen LogP contribution in [0.1, 0.15) is 77.6 Å². The molecule has 1 aliphatic carbocycles. The molecule has 2 rings (SSSR count). The Hall–Kier alpha value is -1.46. The van der Waals surface area contributed by atoms with Gasteiger partial charge in [-0.2, -0.15) is 0 Å². The zero-order valence-corrected chi connectivity index (χ0v) is 14.5. The maximum atomic E-state index is 12.4. The molecule has 6 nitrogen and oxygen atoms in total. The minimum Gasteiger partial charge on any atom is -0.356 e.